The summed E-state index contributed by atoms with van der Waals surface area (Å²) in [4.78, 5) is 23.7. The van der Waals surface area contributed by atoms with Gasteiger partial charge >= 0.3 is 5.97 Å². The minimum absolute atomic E-state index is 0.0928. The molecular weight excluding hydrogens is 350 g/mol. The molecule has 2 unspecified atom stereocenters. The number of carbonyl (C=O) groups excluding carboxylic acids is 1. The lowest BCUT2D eigenvalue weighted by Gasteiger charge is -2.22. The maximum Gasteiger partial charge on any atom is 0.308 e. The fourth-order valence-corrected chi connectivity index (χ4v) is 3.95. The van der Waals surface area contributed by atoms with Crippen molar-refractivity contribution in [2.45, 2.75) is 17.2 Å². The van der Waals surface area contributed by atoms with E-state index in [9.17, 15) is 23.1 Å². The van der Waals surface area contributed by atoms with Crippen LogP contribution in [0.25, 0.3) is 0 Å². The average molecular weight is 367 g/mol. The zero-order valence-electron chi connectivity index (χ0n) is 13.1. The first-order chi connectivity index (χ1) is 11.2. The molecule has 1 aromatic heterocycles. The number of amides is 1. The molecule has 0 radical (unpaired) electrons. The van der Waals surface area contributed by atoms with Crippen molar-refractivity contribution < 1.29 is 23.1 Å². The summed E-state index contributed by atoms with van der Waals surface area (Å²) in [6, 6.07) is 9.36. The predicted molar refractivity (Wildman–Crippen MR) is 90.9 cm³/mol. The topological polar surface area (TPSA) is 101 Å². The van der Waals surface area contributed by atoms with Crippen LogP contribution < -0.4 is 5.32 Å². The largest absolute Gasteiger partial charge is 0.481 e. The fourth-order valence-electron chi connectivity index (χ4n) is 2.15. The van der Waals surface area contributed by atoms with Gasteiger partial charge in [-0.15, -0.1) is 11.3 Å². The van der Waals surface area contributed by atoms with Crippen LogP contribution >= 0.6 is 11.3 Å². The van der Waals surface area contributed by atoms with Gasteiger partial charge in [-0.1, -0.05) is 30.3 Å². The number of thiophene rings is 1. The Morgan fingerprint density at radius 2 is 1.83 bits per heavy atom. The van der Waals surface area contributed by atoms with E-state index in [-0.39, 0.29) is 9.77 Å². The number of sulfone groups is 1. The molecule has 0 spiro atoms. The molecule has 0 aliphatic heterocycles. The van der Waals surface area contributed by atoms with Gasteiger partial charge in [-0.05, 0) is 18.6 Å². The molecule has 2 atom stereocenters. The first kappa shape index (κ1) is 18.2. The van der Waals surface area contributed by atoms with Crippen molar-refractivity contribution in [3.8, 4) is 0 Å². The summed E-state index contributed by atoms with van der Waals surface area (Å²) in [6.07, 6.45) is 1.07. The van der Waals surface area contributed by atoms with Crippen LogP contribution in [0.4, 0.5) is 0 Å². The van der Waals surface area contributed by atoms with Crippen LogP contribution in [-0.2, 0) is 14.6 Å². The van der Waals surface area contributed by atoms with Crippen molar-refractivity contribution in [2.24, 2.45) is 5.92 Å². The lowest BCUT2D eigenvalue weighted by Crippen LogP contribution is -2.35. The summed E-state index contributed by atoms with van der Waals surface area (Å²) < 4.78 is 23.1. The van der Waals surface area contributed by atoms with Crippen molar-refractivity contribution >= 4 is 33.1 Å². The number of hydrogen-bond donors (Lipinski definition) is 2. The van der Waals surface area contributed by atoms with E-state index in [4.69, 9.17) is 0 Å². The second-order valence-corrected chi connectivity index (χ2v) is 8.57. The average Bonchev–Trinajstić information content (AvgIpc) is 3.02. The molecule has 8 heteroatoms. The Hall–Kier alpha value is -2.19. The third kappa shape index (κ3) is 4.21. The van der Waals surface area contributed by atoms with Gasteiger partial charge in [-0.2, -0.15) is 0 Å². The highest BCUT2D eigenvalue weighted by Crippen LogP contribution is 2.25. The number of nitrogens with one attached hydrogen (secondary N) is 1. The molecule has 2 N–H and O–H groups in total. The Labute approximate surface area is 144 Å². The Balaban J connectivity index is 2.28. The highest BCUT2D eigenvalue weighted by molar-refractivity contribution is 7.92. The standard InChI is InChI=1S/C16H17NO5S2/c1-10(16(19)20)14(11-6-4-3-5-7-11)17-15(18)12-8-13(23-9-12)24(2,21)22/h3-10,14H,1-2H3,(H,17,18)(H,19,20). The summed E-state index contributed by atoms with van der Waals surface area (Å²) in [5.74, 6) is -2.39. The highest BCUT2D eigenvalue weighted by atomic mass is 32.2. The van der Waals surface area contributed by atoms with E-state index >= 15 is 0 Å². The first-order valence-corrected chi connectivity index (χ1v) is 9.84. The third-order valence-electron chi connectivity index (χ3n) is 3.54. The third-order valence-corrected chi connectivity index (χ3v) is 6.31. The summed E-state index contributed by atoms with van der Waals surface area (Å²) in [6.45, 7) is 1.51. The molecule has 0 fully saturated rings. The van der Waals surface area contributed by atoms with Crippen molar-refractivity contribution in [3.05, 3.63) is 52.9 Å². The summed E-state index contributed by atoms with van der Waals surface area (Å²) >= 11 is 0.957. The van der Waals surface area contributed by atoms with Gasteiger partial charge in [0.15, 0.2) is 9.84 Å². The molecule has 24 heavy (non-hydrogen) atoms. The molecule has 2 rings (SSSR count). The molecule has 0 bridgehead atoms. The molecule has 0 saturated heterocycles. The van der Waals surface area contributed by atoms with E-state index in [0.717, 1.165) is 17.6 Å². The quantitative estimate of drug-likeness (QED) is 0.816. The zero-order valence-corrected chi connectivity index (χ0v) is 14.7. The maximum absolute atomic E-state index is 12.4. The number of aliphatic carboxylic acids is 1. The Morgan fingerprint density at radius 1 is 1.21 bits per heavy atom. The number of hydrogen-bond acceptors (Lipinski definition) is 5. The Kier molecular flexibility index (Phi) is 5.40. The number of benzene rings is 1. The van der Waals surface area contributed by atoms with Gasteiger partial charge in [0.2, 0.25) is 0 Å². The smallest absolute Gasteiger partial charge is 0.308 e. The van der Waals surface area contributed by atoms with Gasteiger partial charge in [0, 0.05) is 11.6 Å². The van der Waals surface area contributed by atoms with E-state index in [0.29, 0.717) is 5.56 Å². The number of carboxylic acids is 1. The maximum atomic E-state index is 12.4. The number of carbonyl (C=O) groups is 2. The lowest BCUT2D eigenvalue weighted by atomic mass is 9.94. The van der Waals surface area contributed by atoms with Crippen LogP contribution in [0.1, 0.15) is 28.9 Å². The van der Waals surface area contributed by atoms with Crippen LogP contribution in [0.5, 0.6) is 0 Å². The molecule has 2 aromatic rings. The molecule has 1 heterocycles. The second kappa shape index (κ2) is 7.14. The van der Waals surface area contributed by atoms with E-state index in [1.165, 1.54) is 18.4 Å². The molecule has 0 aliphatic rings. The van der Waals surface area contributed by atoms with Gasteiger partial charge in [-0.3, -0.25) is 9.59 Å². The zero-order chi connectivity index (χ0) is 17.9. The minimum atomic E-state index is -3.38. The van der Waals surface area contributed by atoms with Crippen molar-refractivity contribution in [3.63, 3.8) is 0 Å². The van der Waals surface area contributed by atoms with E-state index in [1.807, 2.05) is 0 Å². The van der Waals surface area contributed by atoms with Crippen molar-refractivity contribution in [1.82, 2.24) is 5.32 Å². The van der Waals surface area contributed by atoms with Gasteiger partial charge in [0.05, 0.1) is 17.5 Å². The number of carboxylic acid groups (broad SMARTS) is 1. The molecule has 0 aliphatic carbocycles. The summed E-state index contributed by atoms with van der Waals surface area (Å²) in [5.41, 5.74) is 0.860. The Bertz CT molecular complexity index is 842. The fraction of sp³-hybridized carbons (Fsp3) is 0.250. The molecule has 128 valence electrons. The normalized spacial score (nSPS) is 13.9. The molecule has 6 nitrogen and oxygen atoms in total. The van der Waals surface area contributed by atoms with Gasteiger partial charge in [0.25, 0.3) is 5.91 Å². The van der Waals surface area contributed by atoms with Gasteiger partial charge in [-0.25, -0.2) is 8.42 Å². The highest BCUT2D eigenvalue weighted by Gasteiger charge is 2.27. The van der Waals surface area contributed by atoms with E-state index in [2.05, 4.69) is 5.32 Å². The van der Waals surface area contributed by atoms with E-state index in [1.54, 1.807) is 30.3 Å². The number of rotatable bonds is 6. The first-order valence-electron chi connectivity index (χ1n) is 7.07. The van der Waals surface area contributed by atoms with Gasteiger partial charge < -0.3 is 10.4 Å². The van der Waals surface area contributed by atoms with Gasteiger partial charge in [0.1, 0.15) is 4.21 Å². The predicted octanol–water partition coefficient (Wildman–Crippen LogP) is 2.34. The van der Waals surface area contributed by atoms with Crippen LogP contribution in [0, 0.1) is 5.92 Å². The van der Waals surface area contributed by atoms with Crippen LogP contribution in [0.3, 0.4) is 0 Å². The monoisotopic (exact) mass is 367 g/mol. The lowest BCUT2D eigenvalue weighted by molar-refractivity contribution is -0.142. The van der Waals surface area contributed by atoms with Crippen LogP contribution in [0.15, 0.2) is 46.0 Å². The Morgan fingerprint density at radius 3 is 2.33 bits per heavy atom. The van der Waals surface area contributed by atoms with E-state index < -0.39 is 33.7 Å². The van der Waals surface area contributed by atoms with Crippen molar-refractivity contribution in [2.75, 3.05) is 6.26 Å². The summed E-state index contributed by atoms with van der Waals surface area (Å²) in [7, 11) is -3.38. The molecule has 1 amide bonds. The molecular formula is C16H17NO5S2. The SMILES string of the molecule is CC(C(=O)O)C(NC(=O)c1csc(S(C)(=O)=O)c1)c1ccccc1. The van der Waals surface area contributed by atoms with Crippen molar-refractivity contribution in [1.29, 1.82) is 0 Å². The minimum Gasteiger partial charge on any atom is -0.481 e. The second-order valence-electron chi connectivity index (χ2n) is 5.42. The van der Waals surface area contributed by atoms with Crippen LogP contribution in [-0.4, -0.2) is 31.7 Å². The summed E-state index contributed by atoms with van der Waals surface area (Å²) in [5, 5.41) is 13.4. The van der Waals surface area contributed by atoms with Crippen LogP contribution in [0.2, 0.25) is 0 Å². The molecule has 1 aromatic carbocycles. The molecule has 0 saturated carbocycles.